The molecule has 116 valence electrons. The monoisotopic (exact) mass is 312 g/mol. The second kappa shape index (κ2) is 6.54. The van der Waals surface area contributed by atoms with Crippen molar-refractivity contribution in [1.82, 2.24) is 5.32 Å². The first-order chi connectivity index (χ1) is 10.00. The molecule has 0 saturated carbocycles. The van der Waals surface area contributed by atoms with E-state index in [0.29, 0.717) is 22.2 Å². The fourth-order valence-corrected chi connectivity index (χ4v) is 2.70. The van der Waals surface area contributed by atoms with Crippen LogP contribution in [0.2, 0.25) is 5.02 Å². The molecular weight excluding hydrogens is 292 g/mol. The van der Waals surface area contributed by atoms with Crippen molar-refractivity contribution < 1.29 is 14.3 Å². The Morgan fingerprint density at radius 2 is 2.00 bits per heavy atom. The van der Waals surface area contributed by atoms with Crippen molar-refractivity contribution in [3.8, 4) is 11.5 Å². The fourth-order valence-electron chi connectivity index (χ4n) is 2.47. The molecule has 1 aromatic carbocycles. The van der Waals surface area contributed by atoms with E-state index in [1.54, 1.807) is 12.1 Å². The SMILES string of the molecule is COc1cc(NC(=O)C2(C)CCCCN2)c(OC)cc1Cl. The Morgan fingerprint density at radius 3 is 2.57 bits per heavy atom. The first kappa shape index (κ1) is 15.9. The van der Waals surface area contributed by atoms with Crippen LogP contribution in [-0.2, 0) is 4.79 Å². The summed E-state index contributed by atoms with van der Waals surface area (Å²) in [6.07, 6.45) is 2.95. The second-order valence-electron chi connectivity index (χ2n) is 5.36. The molecule has 1 saturated heterocycles. The van der Waals surface area contributed by atoms with E-state index < -0.39 is 5.54 Å². The van der Waals surface area contributed by atoms with Gasteiger partial charge in [0.25, 0.3) is 0 Å². The number of methoxy groups -OCH3 is 2. The van der Waals surface area contributed by atoms with Crippen LogP contribution in [0.5, 0.6) is 11.5 Å². The second-order valence-corrected chi connectivity index (χ2v) is 5.76. The van der Waals surface area contributed by atoms with Gasteiger partial charge in [0.05, 0.1) is 30.5 Å². The van der Waals surface area contributed by atoms with Crippen LogP contribution in [0.15, 0.2) is 12.1 Å². The zero-order chi connectivity index (χ0) is 15.5. The normalized spacial score (nSPS) is 21.7. The third-order valence-corrected chi connectivity index (χ3v) is 4.14. The number of hydrogen-bond acceptors (Lipinski definition) is 4. The van der Waals surface area contributed by atoms with Crippen LogP contribution in [0.1, 0.15) is 26.2 Å². The summed E-state index contributed by atoms with van der Waals surface area (Å²) in [5.74, 6) is 0.924. The maximum Gasteiger partial charge on any atom is 0.244 e. The third kappa shape index (κ3) is 3.41. The minimum atomic E-state index is -0.559. The van der Waals surface area contributed by atoms with E-state index in [1.807, 2.05) is 6.92 Å². The number of rotatable bonds is 4. The van der Waals surface area contributed by atoms with Crippen LogP contribution in [0, 0.1) is 0 Å². The first-order valence-electron chi connectivity index (χ1n) is 6.98. The summed E-state index contributed by atoms with van der Waals surface area (Å²) in [7, 11) is 3.07. The highest BCUT2D eigenvalue weighted by Gasteiger charge is 2.34. The molecule has 6 heteroatoms. The minimum absolute atomic E-state index is 0.0788. The molecule has 1 atom stereocenters. The van der Waals surface area contributed by atoms with Crippen LogP contribution in [0.25, 0.3) is 0 Å². The number of piperidine rings is 1. The molecule has 1 aliphatic heterocycles. The van der Waals surface area contributed by atoms with Gasteiger partial charge in [-0.3, -0.25) is 4.79 Å². The largest absolute Gasteiger partial charge is 0.495 e. The number of carbonyl (C=O) groups is 1. The Kier molecular flexibility index (Phi) is 4.96. The number of nitrogens with one attached hydrogen (secondary N) is 2. The number of hydrogen-bond donors (Lipinski definition) is 2. The molecule has 0 radical (unpaired) electrons. The van der Waals surface area contributed by atoms with E-state index in [4.69, 9.17) is 21.1 Å². The molecule has 0 bridgehead atoms. The molecule has 5 nitrogen and oxygen atoms in total. The Hall–Kier alpha value is -1.46. The van der Waals surface area contributed by atoms with Crippen molar-refractivity contribution in [2.24, 2.45) is 0 Å². The van der Waals surface area contributed by atoms with Gasteiger partial charge >= 0.3 is 0 Å². The van der Waals surface area contributed by atoms with E-state index in [0.717, 1.165) is 25.8 Å². The molecule has 1 aliphatic rings. The Morgan fingerprint density at radius 1 is 1.29 bits per heavy atom. The molecule has 1 unspecified atom stereocenters. The first-order valence-corrected chi connectivity index (χ1v) is 7.36. The van der Waals surface area contributed by atoms with Crippen molar-refractivity contribution >= 4 is 23.2 Å². The van der Waals surface area contributed by atoms with Gasteiger partial charge in [0.1, 0.15) is 11.5 Å². The fraction of sp³-hybridized carbons (Fsp3) is 0.533. The van der Waals surface area contributed by atoms with Crippen LogP contribution < -0.4 is 20.1 Å². The lowest BCUT2D eigenvalue weighted by molar-refractivity contribution is -0.122. The highest BCUT2D eigenvalue weighted by Crippen LogP contribution is 2.36. The molecule has 0 aliphatic carbocycles. The molecular formula is C15H21ClN2O3. The summed E-state index contributed by atoms with van der Waals surface area (Å²) < 4.78 is 10.5. The topological polar surface area (TPSA) is 59.6 Å². The van der Waals surface area contributed by atoms with Gasteiger partial charge in [0, 0.05) is 12.1 Å². The van der Waals surface area contributed by atoms with Crippen LogP contribution >= 0.6 is 11.6 Å². The Labute approximate surface area is 130 Å². The van der Waals surface area contributed by atoms with Crippen molar-refractivity contribution in [3.63, 3.8) is 0 Å². The van der Waals surface area contributed by atoms with Gasteiger partial charge in [0.2, 0.25) is 5.91 Å². The molecule has 0 spiro atoms. The van der Waals surface area contributed by atoms with Crippen LogP contribution in [-0.4, -0.2) is 32.2 Å². The van der Waals surface area contributed by atoms with Gasteiger partial charge in [0.15, 0.2) is 0 Å². The number of halogens is 1. The summed E-state index contributed by atoms with van der Waals surface area (Å²) in [5.41, 5.74) is -0.00629. The van der Waals surface area contributed by atoms with Gasteiger partial charge in [-0.25, -0.2) is 0 Å². The highest BCUT2D eigenvalue weighted by molar-refractivity contribution is 6.32. The molecule has 2 rings (SSSR count). The van der Waals surface area contributed by atoms with Crippen LogP contribution in [0.4, 0.5) is 5.69 Å². The summed E-state index contributed by atoms with van der Waals surface area (Å²) >= 11 is 6.06. The van der Waals surface area contributed by atoms with Crippen molar-refractivity contribution in [1.29, 1.82) is 0 Å². The number of benzene rings is 1. The predicted octanol–water partition coefficient (Wildman–Crippen LogP) is 2.83. The van der Waals surface area contributed by atoms with Gasteiger partial charge in [-0.1, -0.05) is 11.6 Å². The molecule has 1 heterocycles. The standard InChI is InChI=1S/C15H21ClN2O3/c1-15(6-4-5-7-17-15)14(19)18-11-9-12(20-2)10(16)8-13(11)21-3/h8-9,17H,4-7H2,1-3H3,(H,18,19). The summed E-state index contributed by atoms with van der Waals surface area (Å²) in [4.78, 5) is 12.5. The number of ether oxygens (including phenoxy) is 2. The van der Waals surface area contributed by atoms with E-state index in [1.165, 1.54) is 14.2 Å². The predicted molar refractivity (Wildman–Crippen MR) is 83.4 cm³/mol. The average Bonchev–Trinajstić information content (AvgIpc) is 2.49. The van der Waals surface area contributed by atoms with E-state index in [2.05, 4.69) is 10.6 Å². The number of carbonyl (C=O) groups excluding carboxylic acids is 1. The summed E-state index contributed by atoms with van der Waals surface area (Å²) in [6.45, 7) is 2.77. The van der Waals surface area contributed by atoms with E-state index >= 15 is 0 Å². The van der Waals surface area contributed by atoms with E-state index in [9.17, 15) is 4.79 Å². The van der Waals surface area contributed by atoms with Gasteiger partial charge in [-0.2, -0.15) is 0 Å². The molecule has 0 aromatic heterocycles. The lowest BCUT2D eigenvalue weighted by Gasteiger charge is -2.33. The zero-order valence-electron chi connectivity index (χ0n) is 12.6. The number of anilines is 1. The maximum atomic E-state index is 12.5. The average molecular weight is 313 g/mol. The Bertz CT molecular complexity index is 528. The molecule has 21 heavy (non-hydrogen) atoms. The van der Waals surface area contributed by atoms with Crippen LogP contribution in [0.3, 0.4) is 0 Å². The number of amides is 1. The molecule has 1 amide bonds. The molecule has 2 N–H and O–H groups in total. The summed E-state index contributed by atoms with van der Waals surface area (Å²) in [5, 5.41) is 6.63. The zero-order valence-corrected chi connectivity index (χ0v) is 13.3. The third-order valence-electron chi connectivity index (χ3n) is 3.84. The summed E-state index contributed by atoms with van der Waals surface area (Å²) in [6, 6.07) is 3.30. The van der Waals surface area contributed by atoms with Crippen molar-refractivity contribution in [3.05, 3.63) is 17.2 Å². The quantitative estimate of drug-likeness (QED) is 0.897. The lowest BCUT2D eigenvalue weighted by Crippen LogP contribution is -2.54. The van der Waals surface area contributed by atoms with Crippen molar-refractivity contribution in [2.45, 2.75) is 31.7 Å². The lowest BCUT2D eigenvalue weighted by atomic mass is 9.90. The smallest absolute Gasteiger partial charge is 0.244 e. The highest BCUT2D eigenvalue weighted by atomic mass is 35.5. The van der Waals surface area contributed by atoms with Gasteiger partial charge in [-0.15, -0.1) is 0 Å². The maximum absolute atomic E-state index is 12.5. The van der Waals surface area contributed by atoms with E-state index in [-0.39, 0.29) is 5.91 Å². The molecule has 1 fully saturated rings. The minimum Gasteiger partial charge on any atom is -0.495 e. The molecule has 1 aromatic rings. The Balaban J connectivity index is 2.23. The van der Waals surface area contributed by atoms with Gasteiger partial charge < -0.3 is 20.1 Å². The van der Waals surface area contributed by atoms with Gasteiger partial charge in [-0.05, 0) is 32.7 Å². The van der Waals surface area contributed by atoms with Crippen molar-refractivity contribution in [2.75, 3.05) is 26.1 Å².